The van der Waals surface area contributed by atoms with Gasteiger partial charge in [-0.05, 0) is 24.4 Å². The largest absolute Gasteiger partial charge is 0.242 e. The number of benzene rings is 2. The average Bonchev–Trinajstić information content (AvgIpc) is 2.77. The zero-order valence-electron chi connectivity index (χ0n) is 9.27. The first-order valence-electron chi connectivity index (χ1n) is 5.35. The molecule has 17 heavy (non-hydrogen) atoms. The lowest BCUT2D eigenvalue weighted by Gasteiger charge is -2.04. The van der Waals surface area contributed by atoms with Crippen LogP contribution < -0.4 is 0 Å². The molecular formula is C14H10FNS. The van der Waals surface area contributed by atoms with Crippen LogP contribution in [0.2, 0.25) is 0 Å². The van der Waals surface area contributed by atoms with Crippen molar-refractivity contribution < 1.29 is 4.39 Å². The van der Waals surface area contributed by atoms with Gasteiger partial charge in [0.1, 0.15) is 5.82 Å². The topological polar surface area (TPSA) is 12.9 Å². The van der Waals surface area contributed by atoms with Gasteiger partial charge in [-0.15, -0.1) is 11.3 Å². The molecule has 0 N–H and O–H groups in total. The van der Waals surface area contributed by atoms with E-state index in [1.807, 2.05) is 30.5 Å². The number of halogens is 1. The summed E-state index contributed by atoms with van der Waals surface area (Å²) in [4.78, 5) is 4.46. The quantitative estimate of drug-likeness (QED) is 0.617. The Balaban J connectivity index is 2.34. The number of fused-ring (bicyclic) bond motifs is 1. The van der Waals surface area contributed by atoms with Crippen LogP contribution in [0.15, 0.2) is 41.8 Å². The SMILES string of the molecule is Cc1nc(-c2ccc(F)c3ccccc23)cs1. The Kier molecular flexibility index (Phi) is 2.41. The first-order valence-corrected chi connectivity index (χ1v) is 6.23. The number of hydrogen-bond acceptors (Lipinski definition) is 2. The van der Waals surface area contributed by atoms with E-state index >= 15 is 0 Å². The van der Waals surface area contributed by atoms with Gasteiger partial charge < -0.3 is 0 Å². The van der Waals surface area contributed by atoms with Crippen molar-refractivity contribution in [2.45, 2.75) is 6.92 Å². The molecule has 1 heterocycles. The van der Waals surface area contributed by atoms with Crippen molar-refractivity contribution >= 4 is 22.1 Å². The first kappa shape index (κ1) is 10.4. The van der Waals surface area contributed by atoms with E-state index in [1.165, 1.54) is 6.07 Å². The highest BCUT2D eigenvalue weighted by Gasteiger charge is 2.09. The second-order valence-corrected chi connectivity index (χ2v) is 4.95. The smallest absolute Gasteiger partial charge is 0.131 e. The number of aryl methyl sites for hydroxylation is 1. The van der Waals surface area contributed by atoms with Crippen molar-refractivity contribution in [3.63, 3.8) is 0 Å². The summed E-state index contributed by atoms with van der Waals surface area (Å²) in [6.45, 7) is 1.97. The van der Waals surface area contributed by atoms with E-state index in [0.717, 1.165) is 21.7 Å². The van der Waals surface area contributed by atoms with Gasteiger partial charge in [-0.1, -0.05) is 24.3 Å². The van der Waals surface area contributed by atoms with Crippen LogP contribution in [-0.2, 0) is 0 Å². The Morgan fingerprint density at radius 2 is 1.82 bits per heavy atom. The van der Waals surface area contributed by atoms with Crippen LogP contribution in [-0.4, -0.2) is 4.98 Å². The first-order chi connectivity index (χ1) is 8.25. The van der Waals surface area contributed by atoms with Crippen LogP contribution in [0.5, 0.6) is 0 Å². The van der Waals surface area contributed by atoms with Crippen molar-refractivity contribution in [3.05, 3.63) is 52.6 Å². The van der Waals surface area contributed by atoms with Crippen LogP contribution in [0.4, 0.5) is 4.39 Å². The van der Waals surface area contributed by atoms with E-state index in [-0.39, 0.29) is 5.82 Å². The second-order valence-electron chi connectivity index (χ2n) is 3.89. The van der Waals surface area contributed by atoms with E-state index in [0.29, 0.717) is 5.39 Å². The molecule has 0 amide bonds. The summed E-state index contributed by atoms with van der Waals surface area (Å²) >= 11 is 1.61. The highest BCUT2D eigenvalue weighted by Crippen LogP contribution is 2.30. The van der Waals surface area contributed by atoms with Crippen molar-refractivity contribution in [1.82, 2.24) is 4.98 Å². The molecule has 0 aliphatic rings. The summed E-state index contributed by atoms with van der Waals surface area (Å²) in [5.41, 5.74) is 1.91. The molecule has 0 atom stereocenters. The minimum absolute atomic E-state index is 0.184. The molecule has 0 aliphatic carbocycles. The molecule has 0 radical (unpaired) electrons. The molecule has 1 nitrogen and oxygen atoms in total. The monoisotopic (exact) mass is 243 g/mol. The minimum atomic E-state index is -0.184. The van der Waals surface area contributed by atoms with Gasteiger partial charge >= 0.3 is 0 Å². The molecule has 0 fully saturated rings. The number of rotatable bonds is 1. The normalized spacial score (nSPS) is 10.9. The van der Waals surface area contributed by atoms with Crippen molar-refractivity contribution in [2.75, 3.05) is 0 Å². The maximum absolute atomic E-state index is 13.7. The Morgan fingerprint density at radius 3 is 2.53 bits per heavy atom. The second kappa shape index (κ2) is 3.93. The molecule has 0 bridgehead atoms. The summed E-state index contributed by atoms with van der Waals surface area (Å²) in [6.07, 6.45) is 0. The summed E-state index contributed by atoms with van der Waals surface area (Å²) in [5, 5.41) is 4.59. The summed E-state index contributed by atoms with van der Waals surface area (Å²) in [5.74, 6) is -0.184. The van der Waals surface area contributed by atoms with Gasteiger partial charge in [0, 0.05) is 16.3 Å². The Bertz CT molecular complexity index is 688. The third-order valence-electron chi connectivity index (χ3n) is 2.77. The van der Waals surface area contributed by atoms with Gasteiger partial charge in [0.2, 0.25) is 0 Å². The van der Waals surface area contributed by atoms with Gasteiger partial charge in [0.15, 0.2) is 0 Å². The Hall–Kier alpha value is -1.74. The van der Waals surface area contributed by atoms with E-state index < -0.39 is 0 Å². The summed E-state index contributed by atoms with van der Waals surface area (Å²) < 4.78 is 13.7. The highest BCUT2D eigenvalue weighted by atomic mass is 32.1. The van der Waals surface area contributed by atoms with Gasteiger partial charge in [-0.2, -0.15) is 0 Å². The molecule has 0 unspecified atom stereocenters. The number of aromatic nitrogens is 1. The minimum Gasteiger partial charge on any atom is -0.242 e. The van der Waals surface area contributed by atoms with E-state index in [2.05, 4.69) is 4.98 Å². The molecule has 1 aromatic heterocycles. The molecule has 84 valence electrons. The van der Waals surface area contributed by atoms with E-state index in [1.54, 1.807) is 23.5 Å². The summed E-state index contributed by atoms with van der Waals surface area (Å²) in [7, 11) is 0. The van der Waals surface area contributed by atoms with Crippen LogP contribution in [0.3, 0.4) is 0 Å². The zero-order valence-corrected chi connectivity index (χ0v) is 10.1. The van der Waals surface area contributed by atoms with Crippen molar-refractivity contribution in [3.8, 4) is 11.3 Å². The molecule has 3 aromatic rings. The molecule has 0 aliphatic heterocycles. The Morgan fingerprint density at radius 1 is 1.06 bits per heavy atom. The van der Waals surface area contributed by atoms with Gasteiger partial charge in [-0.3, -0.25) is 0 Å². The maximum atomic E-state index is 13.7. The fraction of sp³-hybridized carbons (Fsp3) is 0.0714. The fourth-order valence-corrected chi connectivity index (χ4v) is 2.59. The molecule has 0 saturated heterocycles. The predicted molar refractivity (Wildman–Crippen MR) is 69.8 cm³/mol. The lowest BCUT2D eigenvalue weighted by atomic mass is 10.0. The average molecular weight is 243 g/mol. The van der Waals surface area contributed by atoms with Gasteiger partial charge in [0.05, 0.1) is 10.7 Å². The zero-order chi connectivity index (χ0) is 11.8. The number of nitrogens with zero attached hydrogens (tertiary/aromatic N) is 1. The molecule has 3 heteroatoms. The number of thiazole rings is 1. The Labute approximate surface area is 103 Å². The van der Waals surface area contributed by atoms with Crippen molar-refractivity contribution in [2.24, 2.45) is 0 Å². The van der Waals surface area contributed by atoms with Gasteiger partial charge in [-0.25, -0.2) is 9.37 Å². The molecule has 0 saturated carbocycles. The van der Waals surface area contributed by atoms with Crippen LogP contribution in [0, 0.1) is 12.7 Å². The van der Waals surface area contributed by atoms with E-state index in [4.69, 9.17) is 0 Å². The molecular weight excluding hydrogens is 233 g/mol. The molecule has 3 rings (SSSR count). The van der Waals surface area contributed by atoms with Gasteiger partial charge in [0.25, 0.3) is 0 Å². The highest BCUT2D eigenvalue weighted by molar-refractivity contribution is 7.09. The van der Waals surface area contributed by atoms with E-state index in [9.17, 15) is 4.39 Å². The lowest BCUT2D eigenvalue weighted by Crippen LogP contribution is -1.85. The number of hydrogen-bond donors (Lipinski definition) is 0. The third-order valence-corrected chi connectivity index (χ3v) is 3.54. The maximum Gasteiger partial charge on any atom is 0.131 e. The van der Waals surface area contributed by atoms with Crippen LogP contribution in [0.1, 0.15) is 5.01 Å². The predicted octanol–water partition coefficient (Wildman–Crippen LogP) is 4.41. The fourth-order valence-electron chi connectivity index (χ4n) is 1.97. The standard InChI is InChI=1S/C14H10FNS/c1-9-16-14(8-17-9)12-6-7-13(15)11-5-3-2-4-10(11)12/h2-8H,1H3. The molecule has 0 spiro atoms. The lowest BCUT2D eigenvalue weighted by molar-refractivity contribution is 0.640. The molecule has 2 aromatic carbocycles. The van der Waals surface area contributed by atoms with Crippen LogP contribution in [0.25, 0.3) is 22.0 Å². The summed E-state index contributed by atoms with van der Waals surface area (Å²) in [6, 6.07) is 10.8. The third kappa shape index (κ3) is 1.72. The van der Waals surface area contributed by atoms with Crippen molar-refractivity contribution in [1.29, 1.82) is 0 Å². The van der Waals surface area contributed by atoms with Crippen LogP contribution >= 0.6 is 11.3 Å².